The highest BCUT2D eigenvalue weighted by Crippen LogP contribution is 2.30. The highest BCUT2D eigenvalue weighted by Gasteiger charge is 2.19. The molecule has 0 spiro atoms. The van der Waals surface area contributed by atoms with Crippen LogP contribution >= 0.6 is 15.9 Å². The molecule has 2 aromatic heterocycles. The van der Waals surface area contributed by atoms with Crippen molar-refractivity contribution in [2.75, 3.05) is 0 Å². The predicted molar refractivity (Wildman–Crippen MR) is 105 cm³/mol. The van der Waals surface area contributed by atoms with E-state index in [1.807, 2.05) is 72.4 Å². The summed E-state index contributed by atoms with van der Waals surface area (Å²) in [4.78, 5) is 12.8. The summed E-state index contributed by atoms with van der Waals surface area (Å²) in [6.07, 6.45) is 3.63. The normalized spacial score (nSPS) is 11.0. The number of fused-ring (bicyclic) bond motifs is 1. The lowest BCUT2D eigenvalue weighted by Gasteiger charge is -2.11. The van der Waals surface area contributed by atoms with Crippen LogP contribution in [-0.2, 0) is 13.6 Å². The third-order valence-corrected chi connectivity index (χ3v) is 5.25. The third-order valence-electron chi connectivity index (χ3n) is 4.44. The van der Waals surface area contributed by atoms with E-state index in [2.05, 4.69) is 26.3 Å². The van der Waals surface area contributed by atoms with Gasteiger partial charge in [0.1, 0.15) is 5.69 Å². The Morgan fingerprint density at radius 2 is 1.88 bits per heavy atom. The van der Waals surface area contributed by atoms with E-state index in [9.17, 15) is 4.79 Å². The van der Waals surface area contributed by atoms with Crippen molar-refractivity contribution in [2.24, 2.45) is 7.05 Å². The van der Waals surface area contributed by atoms with Gasteiger partial charge in [0.2, 0.25) is 0 Å². The molecule has 0 radical (unpaired) electrons. The van der Waals surface area contributed by atoms with Gasteiger partial charge >= 0.3 is 0 Å². The van der Waals surface area contributed by atoms with Crippen molar-refractivity contribution in [2.45, 2.75) is 6.54 Å². The minimum atomic E-state index is -0.120. The van der Waals surface area contributed by atoms with Crippen molar-refractivity contribution in [1.82, 2.24) is 19.7 Å². The number of benzene rings is 2. The molecule has 0 saturated carbocycles. The van der Waals surface area contributed by atoms with Crippen molar-refractivity contribution < 1.29 is 4.79 Å². The summed E-state index contributed by atoms with van der Waals surface area (Å²) < 4.78 is 4.52. The van der Waals surface area contributed by atoms with Gasteiger partial charge in [-0.15, -0.1) is 0 Å². The van der Waals surface area contributed by atoms with Gasteiger partial charge in [0.15, 0.2) is 0 Å². The Labute approximate surface area is 159 Å². The lowest BCUT2D eigenvalue weighted by molar-refractivity contribution is 0.0942. The lowest BCUT2D eigenvalue weighted by Crippen LogP contribution is -2.25. The fraction of sp³-hybridized carbons (Fsp3) is 0.100. The quantitative estimate of drug-likeness (QED) is 0.553. The number of para-hydroxylation sites is 2. The standard InChI is InChI=1S/C20H17BrN4O/c1-24-17-10-5-3-8-15(17)18(21)19(24)20(26)22-13-14-7-2-4-9-16(14)25-12-6-11-23-25/h2-12H,13H2,1H3,(H,22,26). The molecule has 130 valence electrons. The molecule has 0 saturated heterocycles. The number of amides is 1. The maximum Gasteiger partial charge on any atom is 0.269 e. The van der Waals surface area contributed by atoms with Crippen LogP contribution in [0.25, 0.3) is 16.6 Å². The van der Waals surface area contributed by atoms with Crippen molar-refractivity contribution >= 4 is 32.7 Å². The Balaban J connectivity index is 1.61. The van der Waals surface area contributed by atoms with E-state index in [0.717, 1.165) is 26.6 Å². The second-order valence-electron chi connectivity index (χ2n) is 6.00. The van der Waals surface area contributed by atoms with Gasteiger partial charge in [-0.25, -0.2) is 4.68 Å². The lowest BCUT2D eigenvalue weighted by atomic mass is 10.1. The van der Waals surface area contributed by atoms with Crippen molar-refractivity contribution in [1.29, 1.82) is 0 Å². The van der Waals surface area contributed by atoms with Crippen LogP contribution in [0.5, 0.6) is 0 Å². The van der Waals surface area contributed by atoms with E-state index in [0.29, 0.717) is 12.2 Å². The number of hydrogen-bond donors (Lipinski definition) is 1. The molecule has 0 atom stereocenters. The smallest absolute Gasteiger partial charge is 0.269 e. The first-order valence-corrected chi connectivity index (χ1v) is 9.05. The highest BCUT2D eigenvalue weighted by molar-refractivity contribution is 9.10. The van der Waals surface area contributed by atoms with Crippen LogP contribution < -0.4 is 5.32 Å². The van der Waals surface area contributed by atoms with Crippen molar-refractivity contribution in [3.63, 3.8) is 0 Å². The molecule has 6 heteroatoms. The topological polar surface area (TPSA) is 51.9 Å². The second-order valence-corrected chi connectivity index (χ2v) is 6.79. The molecule has 1 N–H and O–H groups in total. The molecule has 0 aliphatic rings. The van der Waals surface area contributed by atoms with Gasteiger partial charge < -0.3 is 9.88 Å². The van der Waals surface area contributed by atoms with E-state index in [1.54, 1.807) is 10.9 Å². The van der Waals surface area contributed by atoms with E-state index in [1.165, 1.54) is 0 Å². The molecule has 2 heterocycles. The molecule has 4 aromatic rings. The first-order valence-electron chi connectivity index (χ1n) is 8.26. The average Bonchev–Trinajstić information content (AvgIpc) is 3.28. The Hall–Kier alpha value is -2.86. The Bertz CT molecular complexity index is 1040. The molecule has 2 aromatic carbocycles. The molecular formula is C20H17BrN4O. The first kappa shape index (κ1) is 16.6. The number of nitrogens with zero attached hydrogens (tertiary/aromatic N) is 3. The van der Waals surface area contributed by atoms with E-state index in [-0.39, 0.29) is 5.91 Å². The molecule has 0 fully saturated rings. The number of aromatic nitrogens is 3. The molecule has 5 nitrogen and oxygen atoms in total. The molecule has 0 aliphatic carbocycles. The zero-order chi connectivity index (χ0) is 18.1. The van der Waals surface area contributed by atoms with Crippen LogP contribution in [0.1, 0.15) is 16.1 Å². The van der Waals surface area contributed by atoms with Gasteiger partial charge in [0.05, 0.1) is 10.2 Å². The number of hydrogen-bond acceptors (Lipinski definition) is 2. The number of carbonyl (C=O) groups excluding carboxylic acids is 1. The summed E-state index contributed by atoms with van der Waals surface area (Å²) in [5.74, 6) is -0.120. The van der Waals surface area contributed by atoms with Gasteiger partial charge in [0, 0.05) is 36.9 Å². The van der Waals surface area contributed by atoms with Crippen molar-refractivity contribution in [3.05, 3.63) is 82.7 Å². The largest absolute Gasteiger partial charge is 0.347 e. The zero-order valence-corrected chi connectivity index (χ0v) is 15.8. The van der Waals surface area contributed by atoms with Crippen molar-refractivity contribution in [3.8, 4) is 5.69 Å². The summed E-state index contributed by atoms with van der Waals surface area (Å²) in [6, 6.07) is 17.7. The maximum absolute atomic E-state index is 12.8. The predicted octanol–water partition coefficient (Wildman–Crippen LogP) is 4.06. The van der Waals surface area contributed by atoms with Crippen LogP contribution in [0, 0.1) is 0 Å². The van der Waals surface area contributed by atoms with Gasteiger partial charge in [-0.05, 0) is 39.7 Å². The molecular weight excluding hydrogens is 392 g/mol. The zero-order valence-electron chi connectivity index (χ0n) is 14.2. The Morgan fingerprint density at radius 3 is 2.65 bits per heavy atom. The fourth-order valence-corrected chi connectivity index (χ4v) is 3.93. The number of aryl methyl sites for hydroxylation is 1. The molecule has 4 rings (SSSR count). The molecule has 0 aliphatic heterocycles. The summed E-state index contributed by atoms with van der Waals surface area (Å²) in [7, 11) is 1.90. The third kappa shape index (κ3) is 2.82. The van der Waals surface area contributed by atoms with Gasteiger partial charge in [0.25, 0.3) is 5.91 Å². The number of nitrogens with one attached hydrogen (secondary N) is 1. The van der Waals surface area contributed by atoms with Crippen LogP contribution in [0.3, 0.4) is 0 Å². The van der Waals surface area contributed by atoms with Crippen LogP contribution in [-0.4, -0.2) is 20.3 Å². The number of halogens is 1. The summed E-state index contributed by atoms with van der Waals surface area (Å²) in [5.41, 5.74) is 3.58. The van der Waals surface area contributed by atoms with Gasteiger partial charge in [-0.2, -0.15) is 5.10 Å². The number of rotatable bonds is 4. The highest BCUT2D eigenvalue weighted by atomic mass is 79.9. The maximum atomic E-state index is 12.8. The summed E-state index contributed by atoms with van der Waals surface area (Å²) >= 11 is 3.58. The Morgan fingerprint density at radius 1 is 1.12 bits per heavy atom. The second kappa shape index (κ2) is 6.80. The minimum Gasteiger partial charge on any atom is -0.347 e. The van der Waals surface area contributed by atoms with Crippen LogP contribution in [0.2, 0.25) is 0 Å². The average molecular weight is 409 g/mol. The van der Waals surface area contributed by atoms with E-state index >= 15 is 0 Å². The van der Waals surface area contributed by atoms with E-state index < -0.39 is 0 Å². The monoisotopic (exact) mass is 408 g/mol. The van der Waals surface area contributed by atoms with Crippen LogP contribution in [0.15, 0.2) is 71.5 Å². The van der Waals surface area contributed by atoms with Crippen LogP contribution in [0.4, 0.5) is 0 Å². The number of carbonyl (C=O) groups is 1. The molecule has 26 heavy (non-hydrogen) atoms. The van der Waals surface area contributed by atoms with Gasteiger partial charge in [-0.1, -0.05) is 36.4 Å². The Kier molecular flexibility index (Phi) is 4.34. The molecule has 0 unspecified atom stereocenters. The summed E-state index contributed by atoms with van der Waals surface area (Å²) in [5, 5.41) is 8.34. The molecule has 1 amide bonds. The van der Waals surface area contributed by atoms with Gasteiger partial charge in [-0.3, -0.25) is 4.79 Å². The fourth-order valence-electron chi connectivity index (χ4n) is 3.15. The first-order chi connectivity index (χ1) is 12.7. The summed E-state index contributed by atoms with van der Waals surface area (Å²) in [6.45, 7) is 0.419. The molecule has 0 bridgehead atoms. The van der Waals surface area contributed by atoms with E-state index in [4.69, 9.17) is 0 Å². The minimum absolute atomic E-state index is 0.120. The SMILES string of the molecule is Cn1c(C(=O)NCc2ccccc2-n2cccn2)c(Br)c2ccccc21.